The summed E-state index contributed by atoms with van der Waals surface area (Å²) in [6.07, 6.45) is 7.04. The van der Waals surface area contributed by atoms with Crippen molar-refractivity contribution in [2.75, 3.05) is 6.54 Å². The SMILES string of the molecule is CC(=O)CC[C@H](CC(=O)C[C@@H](CCC(=O)NCCCCCCCC(=O)C[C@@H](Cc1ccccc1)C(=O)N[C@@H](Cc1ccccc1)C(=O)CCCC(C)SC(c1ccccc1)(c1ccccc1)c1ccccc1)C(=O)OC(C)(C)C)C(C)=O. The predicted molar refractivity (Wildman–Crippen MR) is 328 cm³/mol. The first-order valence-electron chi connectivity index (χ1n) is 29.6. The highest BCUT2D eigenvalue weighted by molar-refractivity contribution is 8.01. The van der Waals surface area contributed by atoms with Crippen molar-refractivity contribution in [1.29, 1.82) is 0 Å². The van der Waals surface area contributed by atoms with Gasteiger partial charge in [-0.15, -0.1) is 11.8 Å². The van der Waals surface area contributed by atoms with Gasteiger partial charge in [0.1, 0.15) is 28.7 Å². The minimum absolute atomic E-state index is 0.00334. The van der Waals surface area contributed by atoms with Gasteiger partial charge < -0.3 is 20.2 Å². The molecule has 0 bridgehead atoms. The maximum atomic E-state index is 14.4. The van der Waals surface area contributed by atoms with E-state index in [9.17, 15) is 38.4 Å². The van der Waals surface area contributed by atoms with Crippen molar-refractivity contribution < 1.29 is 43.1 Å². The molecule has 2 N–H and O–H groups in total. The van der Waals surface area contributed by atoms with E-state index < -0.39 is 40.1 Å². The summed E-state index contributed by atoms with van der Waals surface area (Å²) in [4.78, 5) is 105. The first kappa shape index (κ1) is 66.0. The number of Topliss-reactive ketones (excluding diaryl/α,β-unsaturated/α-hetero) is 5. The predicted octanol–water partition coefficient (Wildman–Crippen LogP) is 13.5. The number of thioether (sulfide) groups is 1. The van der Waals surface area contributed by atoms with Gasteiger partial charge in [-0.2, -0.15) is 0 Å². The minimum Gasteiger partial charge on any atom is -0.460 e. The number of carbonyl (C=O) groups excluding carboxylic acids is 8. The van der Waals surface area contributed by atoms with E-state index in [-0.39, 0.29) is 90.9 Å². The van der Waals surface area contributed by atoms with Gasteiger partial charge in [0.25, 0.3) is 0 Å². The number of hydrogen-bond acceptors (Lipinski definition) is 10. The second kappa shape index (κ2) is 34.6. The van der Waals surface area contributed by atoms with Gasteiger partial charge in [-0.1, -0.05) is 178 Å². The Morgan fingerprint density at radius 1 is 0.500 bits per heavy atom. The molecule has 2 amide bonds. The highest BCUT2D eigenvalue weighted by atomic mass is 32.2. The van der Waals surface area contributed by atoms with Crippen molar-refractivity contribution in [2.24, 2.45) is 17.8 Å². The third-order valence-electron chi connectivity index (χ3n) is 14.9. The molecular formula is C70H88N2O9S. The zero-order valence-corrected chi connectivity index (χ0v) is 50.2. The van der Waals surface area contributed by atoms with Crippen molar-refractivity contribution in [3.8, 4) is 0 Å². The largest absolute Gasteiger partial charge is 0.460 e. The van der Waals surface area contributed by atoms with Gasteiger partial charge in [0.15, 0.2) is 5.78 Å². The Labute approximate surface area is 492 Å². The highest BCUT2D eigenvalue weighted by Gasteiger charge is 2.39. The fourth-order valence-electron chi connectivity index (χ4n) is 10.5. The molecule has 0 saturated carbocycles. The smallest absolute Gasteiger partial charge is 0.309 e. The lowest BCUT2D eigenvalue weighted by Crippen LogP contribution is -2.45. The summed E-state index contributed by atoms with van der Waals surface area (Å²) in [5.41, 5.74) is 4.64. The summed E-state index contributed by atoms with van der Waals surface area (Å²) in [6, 6.07) is 50.5. The molecule has 0 aromatic heterocycles. The molecule has 0 aliphatic carbocycles. The van der Waals surface area contributed by atoms with Crippen LogP contribution in [0.15, 0.2) is 152 Å². The quantitative estimate of drug-likeness (QED) is 0.0220. The van der Waals surface area contributed by atoms with E-state index in [1.165, 1.54) is 30.5 Å². The molecule has 0 radical (unpaired) electrons. The van der Waals surface area contributed by atoms with Crippen LogP contribution in [0.25, 0.3) is 0 Å². The second-order valence-corrected chi connectivity index (χ2v) is 24.7. The van der Waals surface area contributed by atoms with E-state index in [1.54, 1.807) is 20.8 Å². The molecule has 5 aromatic carbocycles. The molecule has 0 spiro atoms. The van der Waals surface area contributed by atoms with Crippen LogP contribution in [0.4, 0.5) is 0 Å². The molecule has 82 heavy (non-hydrogen) atoms. The van der Waals surface area contributed by atoms with Crippen LogP contribution in [0.1, 0.15) is 172 Å². The van der Waals surface area contributed by atoms with Gasteiger partial charge in [-0.05, 0) is 114 Å². The van der Waals surface area contributed by atoms with Gasteiger partial charge in [0.2, 0.25) is 11.8 Å². The first-order valence-corrected chi connectivity index (χ1v) is 30.5. The van der Waals surface area contributed by atoms with Crippen LogP contribution >= 0.6 is 11.8 Å². The van der Waals surface area contributed by atoms with E-state index in [4.69, 9.17) is 4.74 Å². The van der Waals surface area contributed by atoms with Crippen LogP contribution < -0.4 is 10.6 Å². The standard InChI is InChI=1S/C70H88N2O9S/c1-51(73)41-42-56(53(3)74)48-63(76)49-57(68(80)81-69(4,5)6)43-44-66(78)71-45-26-9-7-8-25-39-62(75)50-58(46-54-29-15-10-16-30-54)67(79)72-64(47-55-31-17-11-18-32-55)65(77)40-27-28-52(2)82-70(59-33-19-12-20-34-59,60-35-21-13-22-36-60)61-37-23-14-24-38-61/h10-24,29-38,52,56-58,64H,7-9,25-28,39-50H2,1-6H3,(H,71,78)(H,72,79)/t52?,56-,57-,58-,64+/m1/s1. The van der Waals surface area contributed by atoms with Crippen molar-refractivity contribution in [2.45, 2.75) is 179 Å². The lowest BCUT2D eigenvalue weighted by atomic mass is 9.84. The van der Waals surface area contributed by atoms with Crippen LogP contribution in [0.5, 0.6) is 0 Å². The molecule has 0 saturated heterocycles. The molecule has 438 valence electrons. The van der Waals surface area contributed by atoms with Gasteiger partial charge in [-0.25, -0.2) is 0 Å². The summed E-state index contributed by atoms with van der Waals surface area (Å²) in [6.45, 7) is 10.7. The Kier molecular flexibility index (Phi) is 27.9. The molecule has 12 heteroatoms. The zero-order valence-electron chi connectivity index (χ0n) is 49.3. The van der Waals surface area contributed by atoms with E-state index in [1.807, 2.05) is 90.6 Å². The average molecular weight is 1130 g/mol. The van der Waals surface area contributed by atoms with Crippen molar-refractivity contribution in [3.05, 3.63) is 179 Å². The molecule has 0 heterocycles. The average Bonchev–Trinajstić information content (AvgIpc) is 3.53. The normalized spacial score (nSPS) is 13.4. The summed E-state index contributed by atoms with van der Waals surface area (Å²) in [7, 11) is 0. The lowest BCUT2D eigenvalue weighted by Gasteiger charge is -2.37. The number of benzene rings is 5. The highest BCUT2D eigenvalue weighted by Crippen LogP contribution is 2.51. The number of unbranched alkanes of at least 4 members (excludes halogenated alkanes) is 4. The van der Waals surface area contributed by atoms with Crippen molar-refractivity contribution in [1.82, 2.24) is 10.6 Å². The lowest BCUT2D eigenvalue weighted by molar-refractivity contribution is -0.161. The number of rotatable bonds is 38. The van der Waals surface area contributed by atoms with E-state index in [0.717, 1.165) is 43.2 Å². The summed E-state index contributed by atoms with van der Waals surface area (Å²) in [5, 5.41) is 6.23. The second-order valence-electron chi connectivity index (χ2n) is 23.1. The third kappa shape index (κ3) is 23.2. The Morgan fingerprint density at radius 2 is 0.976 bits per heavy atom. The fraction of sp³-hybridized carbons (Fsp3) is 0.457. The zero-order chi connectivity index (χ0) is 59.3. The van der Waals surface area contributed by atoms with Crippen LogP contribution in [0, 0.1) is 17.8 Å². The van der Waals surface area contributed by atoms with Crippen LogP contribution in [0.2, 0.25) is 0 Å². The van der Waals surface area contributed by atoms with E-state index >= 15 is 0 Å². The molecule has 5 aromatic rings. The maximum absolute atomic E-state index is 14.4. The summed E-state index contributed by atoms with van der Waals surface area (Å²) in [5.74, 6) is -3.79. The molecule has 5 rings (SSSR count). The van der Waals surface area contributed by atoms with Crippen molar-refractivity contribution in [3.63, 3.8) is 0 Å². The minimum atomic E-state index is -0.848. The van der Waals surface area contributed by atoms with Crippen molar-refractivity contribution >= 4 is 58.5 Å². The molecule has 0 fully saturated rings. The topological polar surface area (TPSA) is 170 Å². The number of esters is 1. The van der Waals surface area contributed by atoms with Gasteiger partial charge >= 0.3 is 5.97 Å². The van der Waals surface area contributed by atoms with Gasteiger partial charge in [-0.3, -0.25) is 33.6 Å². The molecule has 1 unspecified atom stereocenters. The number of hydrogen-bond donors (Lipinski definition) is 2. The summed E-state index contributed by atoms with van der Waals surface area (Å²) < 4.78 is 5.10. The summed E-state index contributed by atoms with van der Waals surface area (Å²) >= 11 is 1.90. The Morgan fingerprint density at radius 3 is 1.50 bits per heavy atom. The maximum Gasteiger partial charge on any atom is 0.309 e. The molecular weight excluding hydrogens is 1040 g/mol. The number of nitrogens with one attached hydrogen (secondary N) is 2. The molecule has 5 atom stereocenters. The number of carbonyl (C=O) groups is 8. The molecule has 0 aliphatic heterocycles. The first-order chi connectivity index (χ1) is 39.3. The monoisotopic (exact) mass is 1130 g/mol. The van der Waals surface area contributed by atoms with Crippen LogP contribution in [-0.4, -0.2) is 70.1 Å². The third-order valence-corrected chi connectivity index (χ3v) is 16.6. The van der Waals surface area contributed by atoms with E-state index in [2.05, 4.69) is 90.4 Å². The fourth-order valence-corrected chi connectivity index (χ4v) is 12.2. The van der Waals surface area contributed by atoms with E-state index in [0.29, 0.717) is 45.1 Å². The molecule has 0 aliphatic rings. The van der Waals surface area contributed by atoms with Crippen LogP contribution in [0.3, 0.4) is 0 Å². The number of amides is 2. The number of ether oxygens (including phenoxy) is 1. The molecule has 11 nitrogen and oxygen atoms in total. The van der Waals surface area contributed by atoms with Gasteiger partial charge in [0, 0.05) is 68.6 Å². The number of ketones is 5. The Balaban J connectivity index is 1.12. The Hall–Kier alpha value is -6.79. The van der Waals surface area contributed by atoms with Crippen LogP contribution in [-0.2, 0) is 60.7 Å². The van der Waals surface area contributed by atoms with Gasteiger partial charge in [0.05, 0.1) is 16.7 Å². The Bertz CT molecular complexity index is 2690.